The molecule has 1 atom stereocenters. The first-order chi connectivity index (χ1) is 13.2. The van der Waals surface area contributed by atoms with Crippen LogP contribution in [0.1, 0.15) is 22.0 Å². The molecule has 0 bridgehead atoms. The molecule has 2 N–H and O–H groups in total. The molecule has 0 spiro atoms. The lowest BCUT2D eigenvalue weighted by atomic mass is 10.1. The number of aryl methyl sites for hydroxylation is 1. The molecule has 0 aliphatic carbocycles. The molecular weight excluding hydrogens is 490 g/mol. The standard InChI is InChI=1S/C20H27FN4OS.HI/c1-15-5-6-16(12-17(15)21)13-23-20(22-2)24-14-18(19-4-3-11-27-19)25-7-9-26-10-8-25;/h3-6,11-12,18H,7-10,13-14H2,1-2H3,(H2,22,23,24);1H. The Balaban J connectivity index is 0.00000280. The number of ether oxygens (including phenoxy) is 1. The average molecular weight is 518 g/mol. The van der Waals surface area contributed by atoms with Gasteiger partial charge >= 0.3 is 0 Å². The van der Waals surface area contributed by atoms with Gasteiger partial charge in [0.25, 0.3) is 0 Å². The van der Waals surface area contributed by atoms with Crippen molar-refractivity contribution in [2.75, 3.05) is 39.9 Å². The smallest absolute Gasteiger partial charge is 0.191 e. The molecule has 1 fully saturated rings. The summed E-state index contributed by atoms with van der Waals surface area (Å²) in [5.74, 6) is 0.535. The summed E-state index contributed by atoms with van der Waals surface area (Å²) in [6.45, 7) is 6.45. The number of morpholine rings is 1. The highest BCUT2D eigenvalue weighted by Crippen LogP contribution is 2.25. The van der Waals surface area contributed by atoms with E-state index >= 15 is 0 Å². The van der Waals surface area contributed by atoms with Gasteiger partial charge in [-0.15, -0.1) is 35.3 Å². The Morgan fingerprint density at radius 1 is 1.29 bits per heavy atom. The number of thiophene rings is 1. The minimum Gasteiger partial charge on any atom is -0.379 e. The van der Waals surface area contributed by atoms with Crippen LogP contribution in [0.2, 0.25) is 0 Å². The van der Waals surface area contributed by atoms with E-state index in [-0.39, 0.29) is 35.8 Å². The van der Waals surface area contributed by atoms with E-state index in [9.17, 15) is 4.39 Å². The molecule has 2 heterocycles. The summed E-state index contributed by atoms with van der Waals surface area (Å²) >= 11 is 1.77. The topological polar surface area (TPSA) is 48.9 Å². The van der Waals surface area contributed by atoms with E-state index in [4.69, 9.17) is 4.74 Å². The summed E-state index contributed by atoms with van der Waals surface area (Å²) in [4.78, 5) is 8.09. The molecule has 0 amide bonds. The predicted octanol–water partition coefficient (Wildman–Crippen LogP) is 3.55. The molecular formula is C20H28FIN4OS. The first kappa shape index (κ1) is 23.1. The molecule has 1 aromatic carbocycles. The van der Waals surface area contributed by atoms with Gasteiger partial charge in [0, 0.05) is 38.1 Å². The number of hydrogen-bond acceptors (Lipinski definition) is 4. The molecule has 0 radical (unpaired) electrons. The maximum Gasteiger partial charge on any atom is 0.191 e. The van der Waals surface area contributed by atoms with Crippen LogP contribution in [0, 0.1) is 12.7 Å². The lowest BCUT2D eigenvalue weighted by molar-refractivity contribution is 0.0177. The van der Waals surface area contributed by atoms with E-state index < -0.39 is 0 Å². The fraction of sp³-hybridized carbons (Fsp3) is 0.450. The van der Waals surface area contributed by atoms with Crippen molar-refractivity contribution < 1.29 is 9.13 Å². The molecule has 154 valence electrons. The second kappa shape index (κ2) is 11.7. The number of hydrogen-bond donors (Lipinski definition) is 2. The van der Waals surface area contributed by atoms with E-state index in [0.717, 1.165) is 38.4 Å². The molecule has 1 unspecified atom stereocenters. The van der Waals surface area contributed by atoms with Crippen molar-refractivity contribution in [2.24, 2.45) is 4.99 Å². The monoisotopic (exact) mass is 518 g/mol. The SMILES string of the molecule is CN=C(NCc1ccc(C)c(F)c1)NCC(c1cccs1)N1CCOCC1.I. The van der Waals surface area contributed by atoms with Gasteiger partial charge in [0.2, 0.25) is 0 Å². The van der Waals surface area contributed by atoms with Gasteiger partial charge in [0.1, 0.15) is 5.82 Å². The minimum absolute atomic E-state index is 0. The number of nitrogens with zero attached hydrogens (tertiary/aromatic N) is 2. The van der Waals surface area contributed by atoms with Crippen LogP contribution >= 0.6 is 35.3 Å². The van der Waals surface area contributed by atoms with Crippen LogP contribution in [0.5, 0.6) is 0 Å². The van der Waals surface area contributed by atoms with Crippen LogP contribution in [-0.4, -0.2) is 50.8 Å². The van der Waals surface area contributed by atoms with Crippen LogP contribution in [-0.2, 0) is 11.3 Å². The van der Waals surface area contributed by atoms with Crippen LogP contribution in [0.3, 0.4) is 0 Å². The Hall–Kier alpha value is -1.23. The van der Waals surface area contributed by atoms with E-state index in [1.54, 1.807) is 37.4 Å². The molecule has 1 aliphatic heterocycles. The third-order valence-electron chi connectivity index (χ3n) is 4.74. The zero-order chi connectivity index (χ0) is 19.1. The van der Waals surface area contributed by atoms with E-state index in [2.05, 4.69) is 38.0 Å². The Labute approximate surface area is 187 Å². The number of nitrogens with one attached hydrogen (secondary N) is 2. The minimum atomic E-state index is -0.178. The first-order valence-corrected chi connectivity index (χ1v) is 10.1. The molecule has 3 rings (SSSR count). The Kier molecular flexibility index (Phi) is 9.63. The molecule has 28 heavy (non-hydrogen) atoms. The average Bonchev–Trinajstić information content (AvgIpc) is 3.22. The van der Waals surface area contributed by atoms with Gasteiger partial charge in [0.05, 0.1) is 19.3 Å². The maximum atomic E-state index is 13.7. The van der Waals surface area contributed by atoms with Gasteiger partial charge in [-0.2, -0.15) is 0 Å². The van der Waals surface area contributed by atoms with Crippen molar-refractivity contribution in [2.45, 2.75) is 19.5 Å². The highest BCUT2D eigenvalue weighted by Gasteiger charge is 2.23. The van der Waals surface area contributed by atoms with Gasteiger partial charge in [-0.3, -0.25) is 9.89 Å². The van der Waals surface area contributed by atoms with E-state index in [0.29, 0.717) is 18.1 Å². The van der Waals surface area contributed by atoms with Crippen molar-refractivity contribution in [3.05, 3.63) is 57.5 Å². The molecule has 5 nitrogen and oxygen atoms in total. The zero-order valence-electron chi connectivity index (χ0n) is 16.3. The largest absolute Gasteiger partial charge is 0.379 e. The molecule has 0 saturated carbocycles. The maximum absolute atomic E-state index is 13.7. The number of guanidine groups is 1. The first-order valence-electron chi connectivity index (χ1n) is 9.22. The Morgan fingerprint density at radius 2 is 2.07 bits per heavy atom. The van der Waals surface area contributed by atoms with Gasteiger partial charge in [-0.25, -0.2) is 4.39 Å². The van der Waals surface area contributed by atoms with Crippen molar-refractivity contribution in [1.29, 1.82) is 0 Å². The summed E-state index contributed by atoms with van der Waals surface area (Å²) in [7, 11) is 1.75. The zero-order valence-corrected chi connectivity index (χ0v) is 19.4. The summed E-state index contributed by atoms with van der Waals surface area (Å²) in [6, 6.07) is 9.85. The molecule has 1 aliphatic rings. The van der Waals surface area contributed by atoms with Crippen LogP contribution in [0.25, 0.3) is 0 Å². The Morgan fingerprint density at radius 3 is 2.71 bits per heavy atom. The van der Waals surface area contributed by atoms with Gasteiger partial charge < -0.3 is 15.4 Å². The van der Waals surface area contributed by atoms with Gasteiger partial charge in [-0.1, -0.05) is 18.2 Å². The number of aliphatic imine (C=N–C) groups is 1. The summed E-state index contributed by atoms with van der Waals surface area (Å²) in [5, 5.41) is 8.80. The van der Waals surface area contributed by atoms with E-state index in [1.165, 1.54) is 4.88 Å². The molecule has 1 saturated heterocycles. The molecule has 2 aromatic rings. The van der Waals surface area contributed by atoms with Crippen molar-refractivity contribution in [3.8, 4) is 0 Å². The number of benzene rings is 1. The summed E-state index contributed by atoms with van der Waals surface area (Å²) in [5.41, 5.74) is 1.55. The highest BCUT2D eigenvalue weighted by atomic mass is 127. The third-order valence-corrected chi connectivity index (χ3v) is 5.71. The fourth-order valence-electron chi connectivity index (χ4n) is 3.13. The third kappa shape index (κ3) is 6.40. The second-order valence-electron chi connectivity index (χ2n) is 6.57. The van der Waals surface area contributed by atoms with Crippen LogP contribution in [0.4, 0.5) is 4.39 Å². The van der Waals surface area contributed by atoms with Crippen LogP contribution in [0.15, 0.2) is 40.7 Å². The van der Waals surface area contributed by atoms with E-state index in [1.807, 2.05) is 6.07 Å². The predicted molar refractivity (Wildman–Crippen MR) is 124 cm³/mol. The van der Waals surface area contributed by atoms with Crippen molar-refractivity contribution >= 4 is 41.3 Å². The van der Waals surface area contributed by atoms with Gasteiger partial charge in [0.15, 0.2) is 5.96 Å². The molecule has 8 heteroatoms. The Bertz CT molecular complexity index is 751. The fourth-order valence-corrected chi connectivity index (χ4v) is 3.99. The quantitative estimate of drug-likeness (QED) is 0.349. The summed E-state index contributed by atoms with van der Waals surface area (Å²) < 4.78 is 19.2. The number of halogens is 2. The lowest BCUT2D eigenvalue weighted by Crippen LogP contribution is -2.46. The number of rotatable bonds is 6. The van der Waals surface area contributed by atoms with Gasteiger partial charge in [-0.05, 0) is 35.6 Å². The van der Waals surface area contributed by atoms with Crippen molar-refractivity contribution in [3.63, 3.8) is 0 Å². The highest BCUT2D eigenvalue weighted by molar-refractivity contribution is 14.0. The summed E-state index contributed by atoms with van der Waals surface area (Å²) in [6.07, 6.45) is 0. The second-order valence-corrected chi connectivity index (χ2v) is 7.55. The normalized spacial score (nSPS) is 16.3. The van der Waals surface area contributed by atoms with Crippen molar-refractivity contribution in [1.82, 2.24) is 15.5 Å². The lowest BCUT2D eigenvalue weighted by Gasteiger charge is -2.34. The molecule has 1 aromatic heterocycles. The van der Waals surface area contributed by atoms with Crippen LogP contribution < -0.4 is 10.6 Å².